The monoisotopic (exact) mass is 266 g/mol. The molecule has 88 valence electrons. The number of nitrogens with zero attached hydrogens (tertiary/aromatic N) is 1. The van der Waals surface area contributed by atoms with Gasteiger partial charge in [0, 0.05) is 22.4 Å². The molecule has 2 N–H and O–H groups in total. The van der Waals surface area contributed by atoms with E-state index in [4.69, 9.17) is 28.9 Å². The molecule has 2 aromatic rings. The van der Waals surface area contributed by atoms with Gasteiger partial charge in [0.05, 0.1) is 5.54 Å². The smallest absolute Gasteiger partial charge is 0.0639 e. The van der Waals surface area contributed by atoms with Crippen molar-refractivity contribution in [3.63, 3.8) is 0 Å². The first kappa shape index (κ1) is 12.4. The molecule has 1 unspecified atom stereocenters. The van der Waals surface area contributed by atoms with Crippen molar-refractivity contribution in [1.82, 2.24) is 4.98 Å². The second-order valence-electron chi connectivity index (χ2n) is 4.10. The zero-order valence-electron chi connectivity index (χ0n) is 9.32. The van der Waals surface area contributed by atoms with Crippen LogP contribution in [0, 0.1) is 0 Å². The van der Waals surface area contributed by atoms with Crippen molar-refractivity contribution in [2.45, 2.75) is 12.5 Å². The molecule has 2 rings (SSSR count). The van der Waals surface area contributed by atoms with Gasteiger partial charge < -0.3 is 5.73 Å². The molecule has 0 bridgehead atoms. The van der Waals surface area contributed by atoms with Gasteiger partial charge in [0.15, 0.2) is 0 Å². The minimum absolute atomic E-state index is 0.582. The Morgan fingerprint density at radius 3 is 2.06 bits per heavy atom. The Morgan fingerprint density at radius 1 is 1.00 bits per heavy atom. The van der Waals surface area contributed by atoms with Crippen LogP contribution >= 0.6 is 23.2 Å². The molecule has 0 aliphatic carbocycles. The number of pyridine rings is 1. The van der Waals surface area contributed by atoms with Crippen LogP contribution in [-0.4, -0.2) is 4.98 Å². The van der Waals surface area contributed by atoms with Gasteiger partial charge in [0.2, 0.25) is 0 Å². The molecule has 0 aliphatic heterocycles. The summed E-state index contributed by atoms with van der Waals surface area (Å²) < 4.78 is 0. The van der Waals surface area contributed by atoms with Crippen LogP contribution in [0.15, 0.2) is 42.7 Å². The lowest BCUT2D eigenvalue weighted by atomic mass is 9.86. The van der Waals surface area contributed by atoms with E-state index in [-0.39, 0.29) is 0 Å². The summed E-state index contributed by atoms with van der Waals surface area (Å²) in [5.41, 5.74) is 7.55. The maximum absolute atomic E-state index is 6.35. The Balaban J connectivity index is 2.51. The Kier molecular flexibility index (Phi) is 3.38. The molecule has 0 saturated carbocycles. The fraction of sp³-hybridized carbons (Fsp3) is 0.154. The predicted molar refractivity (Wildman–Crippen MR) is 71.3 cm³/mol. The Labute approximate surface area is 110 Å². The molecular weight excluding hydrogens is 255 g/mol. The lowest BCUT2D eigenvalue weighted by Crippen LogP contribution is -2.34. The van der Waals surface area contributed by atoms with Gasteiger partial charge in [-0.25, -0.2) is 0 Å². The molecule has 17 heavy (non-hydrogen) atoms. The summed E-state index contributed by atoms with van der Waals surface area (Å²) in [4.78, 5) is 3.98. The maximum Gasteiger partial charge on any atom is 0.0639 e. The molecule has 1 heterocycles. The van der Waals surface area contributed by atoms with E-state index in [1.807, 2.05) is 31.2 Å². The van der Waals surface area contributed by atoms with Crippen LogP contribution in [0.4, 0.5) is 0 Å². The van der Waals surface area contributed by atoms with E-state index in [2.05, 4.69) is 4.98 Å². The summed E-state index contributed by atoms with van der Waals surface area (Å²) >= 11 is 12.0. The van der Waals surface area contributed by atoms with Gasteiger partial charge in [-0.2, -0.15) is 0 Å². The molecule has 0 radical (unpaired) electrons. The van der Waals surface area contributed by atoms with Crippen LogP contribution in [-0.2, 0) is 5.54 Å². The zero-order valence-corrected chi connectivity index (χ0v) is 10.8. The first-order chi connectivity index (χ1) is 8.00. The first-order valence-electron chi connectivity index (χ1n) is 5.16. The topological polar surface area (TPSA) is 38.9 Å². The first-order valence-corrected chi connectivity index (χ1v) is 5.92. The van der Waals surface area contributed by atoms with Gasteiger partial charge in [0.1, 0.15) is 0 Å². The zero-order chi connectivity index (χ0) is 12.5. The minimum atomic E-state index is -0.641. The highest BCUT2D eigenvalue weighted by Crippen LogP contribution is 2.30. The van der Waals surface area contributed by atoms with Crippen LogP contribution in [0.3, 0.4) is 0 Å². The highest BCUT2D eigenvalue weighted by atomic mass is 35.5. The van der Waals surface area contributed by atoms with Gasteiger partial charge >= 0.3 is 0 Å². The Bertz CT molecular complexity index is 504. The average Bonchev–Trinajstić information content (AvgIpc) is 2.29. The van der Waals surface area contributed by atoms with Crippen molar-refractivity contribution >= 4 is 23.2 Å². The van der Waals surface area contributed by atoms with E-state index >= 15 is 0 Å². The van der Waals surface area contributed by atoms with Crippen LogP contribution in [0.25, 0.3) is 0 Å². The summed E-state index contributed by atoms with van der Waals surface area (Å²) in [5.74, 6) is 0. The summed E-state index contributed by atoms with van der Waals surface area (Å²) in [6.07, 6.45) is 3.43. The fourth-order valence-electron chi connectivity index (χ4n) is 1.72. The number of hydrogen-bond donors (Lipinski definition) is 1. The molecule has 1 aromatic heterocycles. The van der Waals surface area contributed by atoms with Crippen molar-refractivity contribution in [1.29, 1.82) is 0 Å². The number of halogens is 2. The van der Waals surface area contributed by atoms with Crippen LogP contribution in [0.1, 0.15) is 18.1 Å². The SMILES string of the molecule is CC(N)(c1ccncc1)c1cc(Cl)cc(Cl)c1. The van der Waals surface area contributed by atoms with E-state index in [1.165, 1.54) is 0 Å². The van der Waals surface area contributed by atoms with Crippen molar-refractivity contribution in [2.75, 3.05) is 0 Å². The standard InChI is InChI=1S/C13H12Cl2N2/c1-13(16,9-2-4-17-5-3-9)10-6-11(14)8-12(15)7-10/h2-8H,16H2,1H3. The van der Waals surface area contributed by atoms with Gasteiger partial charge in [-0.05, 0) is 48.4 Å². The average molecular weight is 267 g/mol. The van der Waals surface area contributed by atoms with Gasteiger partial charge in [-0.3, -0.25) is 4.98 Å². The second-order valence-corrected chi connectivity index (χ2v) is 4.97. The summed E-state index contributed by atoms with van der Waals surface area (Å²) in [6, 6.07) is 9.11. The molecule has 0 amide bonds. The van der Waals surface area contributed by atoms with E-state index in [1.54, 1.807) is 18.5 Å². The molecule has 0 spiro atoms. The van der Waals surface area contributed by atoms with Crippen LogP contribution in [0.5, 0.6) is 0 Å². The number of nitrogens with two attached hydrogens (primary N) is 1. The summed E-state index contributed by atoms with van der Waals surface area (Å²) in [5, 5.41) is 1.16. The van der Waals surface area contributed by atoms with Gasteiger partial charge in [-0.1, -0.05) is 23.2 Å². The van der Waals surface area contributed by atoms with Crippen LogP contribution in [0.2, 0.25) is 10.0 Å². The number of rotatable bonds is 2. The summed E-state index contributed by atoms with van der Waals surface area (Å²) in [6.45, 7) is 1.92. The molecule has 2 nitrogen and oxygen atoms in total. The molecule has 0 saturated heterocycles. The maximum atomic E-state index is 6.35. The molecule has 1 atom stereocenters. The molecule has 4 heteroatoms. The predicted octanol–water partition coefficient (Wildman–Crippen LogP) is 3.61. The lowest BCUT2D eigenvalue weighted by molar-refractivity contribution is 0.602. The number of benzene rings is 1. The third-order valence-corrected chi connectivity index (χ3v) is 3.18. The van der Waals surface area contributed by atoms with E-state index in [0.717, 1.165) is 11.1 Å². The third kappa shape index (κ3) is 2.60. The Morgan fingerprint density at radius 2 is 1.53 bits per heavy atom. The minimum Gasteiger partial charge on any atom is -0.318 e. The van der Waals surface area contributed by atoms with E-state index < -0.39 is 5.54 Å². The Hall–Kier alpha value is -1.09. The number of aromatic nitrogens is 1. The van der Waals surface area contributed by atoms with Gasteiger partial charge in [-0.15, -0.1) is 0 Å². The fourth-order valence-corrected chi connectivity index (χ4v) is 2.24. The molecular formula is C13H12Cl2N2. The highest BCUT2D eigenvalue weighted by molar-refractivity contribution is 6.34. The van der Waals surface area contributed by atoms with Crippen molar-refractivity contribution in [3.05, 3.63) is 63.9 Å². The second kappa shape index (κ2) is 4.65. The molecule has 0 fully saturated rings. The highest BCUT2D eigenvalue weighted by Gasteiger charge is 2.24. The molecule has 0 aliphatic rings. The van der Waals surface area contributed by atoms with Crippen molar-refractivity contribution < 1.29 is 0 Å². The summed E-state index contributed by atoms with van der Waals surface area (Å²) in [7, 11) is 0. The van der Waals surface area contributed by atoms with E-state index in [0.29, 0.717) is 10.0 Å². The van der Waals surface area contributed by atoms with Gasteiger partial charge in [0.25, 0.3) is 0 Å². The van der Waals surface area contributed by atoms with Crippen LogP contribution < -0.4 is 5.73 Å². The third-order valence-electron chi connectivity index (χ3n) is 2.74. The van der Waals surface area contributed by atoms with E-state index in [9.17, 15) is 0 Å². The molecule has 1 aromatic carbocycles. The van der Waals surface area contributed by atoms with Crippen molar-refractivity contribution in [3.8, 4) is 0 Å². The quantitative estimate of drug-likeness (QED) is 0.902. The number of hydrogen-bond acceptors (Lipinski definition) is 2. The van der Waals surface area contributed by atoms with Crippen molar-refractivity contribution in [2.24, 2.45) is 5.73 Å². The largest absolute Gasteiger partial charge is 0.318 e. The lowest BCUT2D eigenvalue weighted by Gasteiger charge is -2.26. The normalized spacial score (nSPS) is 14.4.